The average Bonchev–Trinajstić information content (AvgIpc) is 3.42. The van der Waals surface area contributed by atoms with Gasteiger partial charge in [-0.2, -0.15) is 5.10 Å². The first-order valence-electron chi connectivity index (χ1n) is 12.5. The predicted octanol–water partition coefficient (Wildman–Crippen LogP) is 4.70. The molecule has 10 heteroatoms. The molecule has 1 aromatic carbocycles. The molecule has 3 aromatic heterocycles. The van der Waals surface area contributed by atoms with Crippen LogP contribution in [-0.4, -0.2) is 47.8 Å². The van der Waals surface area contributed by atoms with E-state index in [4.69, 9.17) is 9.84 Å². The molecule has 1 aliphatic carbocycles. The van der Waals surface area contributed by atoms with E-state index in [9.17, 15) is 9.59 Å². The number of benzene rings is 1. The van der Waals surface area contributed by atoms with Crippen molar-refractivity contribution in [3.63, 3.8) is 0 Å². The summed E-state index contributed by atoms with van der Waals surface area (Å²) in [6.45, 7) is 1.96. The van der Waals surface area contributed by atoms with Crippen LogP contribution in [0.25, 0.3) is 16.9 Å². The maximum absolute atomic E-state index is 12.7. The van der Waals surface area contributed by atoms with Gasteiger partial charge in [0.15, 0.2) is 5.82 Å². The normalized spacial score (nSPS) is 17.1. The van der Waals surface area contributed by atoms with E-state index in [0.717, 1.165) is 42.4 Å². The Balaban J connectivity index is 1.18. The SMILES string of the molecule is Cc1cc(NC(=O)c2cnn(-c3ccccn3)c2)ccc1-c1cnc(OC2CCC(CC(=O)O)CC2)nc1. The number of rotatable bonds is 8. The van der Waals surface area contributed by atoms with Crippen LogP contribution in [0, 0.1) is 12.8 Å². The maximum Gasteiger partial charge on any atom is 0.316 e. The molecular formula is C28H28N6O4. The highest BCUT2D eigenvalue weighted by atomic mass is 16.5. The molecule has 194 valence electrons. The van der Waals surface area contributed by atoms with E-state index in [1.165, 1.54) is 6.20 Å². The second-order valence-corrected chi connectivity index (χ2v) is 9.46. The highest BCUT2D eigenvalue weighted by molar-refractivity contribution is 6.04. The predicted molar refractivity (Wildman–Crippen MR) is 140 cm³/mol. The van der Waals surface area contributed by atoms with Gasteiger partial charge in [0, 0.05) is 42.5 Å². The van der Waals surface area contributed by atoms with Crippen molar-refractivity contribution in [2.24, 2.45) is 5.92 Å². The van der Waals surface area contributed by atoms with E-state index >= 15 is 0 Å². The first-order valence-corrected chi connectivity index (χ1v) is 12.5. The molecule has 1 fully saturated rings. The van der Waals surface area contributed by atoms with Gasteiger partial charge in [0.2, 0.25) is 0 Å². The zero-order chi connectivity index (χ0) is 26.5. The summed E-state index contributed by atoms with van der Waals surface area (Å²) >= 11 is 0. The van der Waals surface area contributed by atoms with Crippen molar-refractivity contribution in [1.29, 1.82) is 0 Å². The van der Waals surface area contributed by atoms with E-state index in [-0.39, 0.29) is 24.3 Å². The molecule has 0 saturated heterocycles. The fourth-order valence-electron chi connectivity index (χ4n) is 4.69. The van der Waals surface area contributed by atoms with Gasteiger partial charge in [0.1, 0.15) is 6.10 Å². The Morgan fingerprint density at radius 1 is 1.05 bits per heavy atom. The van der Waals surface area contributed by atoms with Crippen LogP contribution < -0.4 is 10.1 Å². The summed E-state index contributed by atoms with van der Waals surface area (Å²) in [4.78, 5) is 36.7. The monoisotopic (exact) mass is 512 g/mol. The summed E-state index contributed by atoms with van der Waals surface area (Å²) in [6, 6.07) is 11.5. The molecule has 38 heavy (non-hydrogen) atoms. The third-order valence-electron chi connectivity index (χ3n) is 6.68. The van der Waals surface area contributed by atoms with E-state index in [2.05, 4.69) is 25.4 Å². The van der Waals surface area contributed by atoms with Crippen LogP contribution in [0.2, 0.25) is 0 Å². The van der Waals surface area contributed by atoms with Crippen molar-refractivity contribution < 1.29 is 19.4 Å². The molecule has 0 unspecified atom stereocenters. The first-order chi connectivity index (χ1) is 18.4. The number of pyridine rings is 1. The Kier molecular flexibility index (Phi) is 7.39. The van der Waals surface area contributed by atoms with E-state index in [1.807, 2.05) is 43.3 Å². The van der Waals surface area contributed by atoms with Crippen LogP contribution >= 0.6 is 0 Å². The van der Waals surface area contributed by atoms with Crippen molar-refractivity contribution in [2.45, 2.75) is 45.1 Å². The van der Waals surface area contributed by atoms with Gasteiger partial charge < -0.3 is 15.2 Å². The lowest BCUT2D eigenvalue weighted by molar-refractivity contribution is -0.138. The summed E-state index contributed by atoms with van der Waals surface area (Å²) < 4.78 is 7.49. The largest absolute Gasteiger partial charge is 0.481 e. The number of amides is 1. The number of ether oxygens (including phenoxy) is 1. The number of nitrogens with one attached hydrogen (secondary N) is 1. The molecule has 3 heterocycles. The van der Waals surface area contributed by atoms with Gasteiger partial charge in [0.05, 0.1) is 11.8 Å². The van der Waals surface area contributed by atoms with Crippen molar-refractivity contribution in [1.82, 2.24) is 24.7 Å². The molecular weight excluding hydrogens is 484 g/mol. The van der Waals surface area contributed by atoms with Crippen LogP contribution in [0.5, 0.6) is 6.01 Å². The van der Waals surface area contributed by atoms with Crippen molar-refractivity contribution >= 4 is 17.6 Å². The second-order valence-electron chi connectivity index (χ2n) is 9.46. The summed E-state index contributed by atoms with van der Waals surface area (Å²) in [7, 11) is 0. The van der Waals surface area contributed by atoms with Crippen molar-refractivity contribution in [3.8, 4) is 23.0 Å². The lowest BCUT2D eigenvalue weighted by Crippen LogP contribution is -2.25. The third-order valence-corrected chi connectivity index (χ3v) is 6.68. The number of hydrogen-bond donors (Lipinski definition) is 2. The standard InChI is InChI=1S/C28H28N6O4/c1-18-12-22(33-27(37)21-16-32-34(17-21)25-4-2-3-11-29-25)7-10-24(18)20-14-30-28(31-15-20)38-23-8-5-19(6-9-23)13-26(35)36/h2-4,7,10-12,14-17,19,23H,5-6,8-9,13H2,1H3,(H,33,37)(H,35,36). The van der Waals surface area contributed by atoms with Gasteiger partial charge in [-0.3, -0.25) is 9.59 Å². The third kappa shape index (κ3) is 6.03. The number of anilines is 1. The number of aliphatic carboxylic acids is 1. The average molecular weight is 513 g/mol. The number of hydrogen-bond acceptors (Lipinski definition) is 7. The molecule has 0 radical (unpaired) electrons. The topological polar surface area (TPSA) is 132 Å². The summed E-state index contributed by atoms with van der Waals surface area (Å²) in [5, 5.41) is 16.1. The number of aromatic nitrogens is 5. The van der Waals surface area contributed by atoms with Gasteiger partial charge in [0.25, 0.3) is 5.91 Å². The molecule has 1 amide bonds. The van der Waals surface area contributed by atoms with Crippen molar-refractivity contribution in [3.05, 3.63) is 78.5 Å². The van der Waals surface area contributed by atoms with Gasteiger partial charge in [-0.15, -0.1) is 0 Å². The molecule has 2 N–H and O–H groups in total. The molecule has 0 atom stereocenters. The Bertz CT molecular complexity index is 1410. The lowest BCUT2D eigenvalue weighted by atomic mass is 9.85. The van der Waals surface area contributed by atoms with Gasteiger partial charge in [-0.1, -0.05) is 12.1 Å². The minimum absolute atomic E-state index is 0.00610. The molecule has 5 rings (SSSR count). The first kappa shape index (κ1) is 25.1. The lowest BCUT2D eigenvalue weighted by Gasteiger charge is -2.27. The minimum atomic E-state index is -0.743. The van der Waals surface area contributed by atoms with Crippen molar-refractivity contribution in [2.75, 3.05) is 5.32 Å². The number of carboxylic acid groups (broad SMARTS) is 1. The van der Waals surface area contributed by atoms with Crippen LogP contribution in [0.15, 0.2) is 67.4 Å². The number of nitrogens with zero attached hydrogens (tertiary/aromatic N) is 5. The number of carbonyl (C=O) groups excluding carboxylic acids is 1. The Morgan fingerprint density at radius 3 is 2.53 bits per heavy atom. The fraction of sp³-hybridized carbons (Fsp3) is 0.286. The molecule has 1 aliphatic rings. The number of carbonyl (C=O) groups is 2. The van der Waals surface area contributed by atoms with E-state index < -0.39 is 5.97 Å². The smallest absolute Gasteiger partial charge is 0.316 e. The molecule has 10 nitrogen and oxygen atoms in total. The molecule has 0 aliphatic heterocycles. The Morgan fingerprint density at radius 2 is 1.84 bits per heavy atom. The van der Waals surface area contributed by atoms with Crippen LogP contribution in [-0.2, 0) is 4.79 Å². The summed E-state index contributed by atoms with van der Waals surface area (Å²) in [5.74, 6) is -0.155. The van der Waals surface area contributed by atoms with Crippen LogP contribution in [0.1, 0.15) is 48.0 Å². The highest BCUT2D eigenvalue weighted by Gasteiger charge is 2.24. The minimum Gasteiger partial charge on any atom is -0.481 e. The highest BCUT2D eigenvalue weighted by Crippen LogP contribution is 2.30. The Hall–Kier alpha value is -4.60. The quantitative estimate of drug-likeness (QED) is 0.347. The zero-order valence-corrected chi connectivity index (χ0v) is 20.9. The van der Waals surface area contributed by atoms with E-state index in [0.29, 0.717) is 23.1 Å². The van der Waals surface area contributed by atoms with Gasteiger partial charge in [-0.05, 0) is 73.9 Å². The molecule has 0 spiro atoms. The van der Waals surface area contributed by atoms with Crippen LogP contribution in [0.4, 0.5) is 5.69 Å². The van der Waals surface area contributed by atoms with E-state index in [1.54, 1.807) is 29.5 Å². The number of carboxylic acids is 1. The molecule has 4 aromatic rings. The molecule has 0 bridgehead atoms. The summed E-state index contributed by atoms with van der Waals surface area (Å²) in [6.07, 6.45) is 11.8. The van der Waals surface area contributed by atoms with Gasteiger partial charge in [-0.25, -0.2) is 19.6 Å². The van der Waals surface area contributed by atoms with Crippen LogP contribution in [0.3, 0.4) is 0 Å². The zero-order valence-electron chi connectivity index (χ0n) is 20.9. The second kappa shape index (κ2) is 11.2. The Labute approximate surface area is 219 Å². The number of aryl methyl sites for hydroxylation is 1. The van der Waals surface area contributed by atoms with Gasteiger partial charge >= 0.3 is 12.0 Å². The fourth-order valence-corrected chi connectivity index (χ4v) is 4.69. The maximum atomic E-state index is 12.7. The molecule has 1 saturated carbocycles. The summed E-state index contributed by atoms with van der Waals surface area (Å²) in [5.41, 5.74) is 3.85.